The van der Waals surface area contributed by atoms with Gasteiger partial charge in [-0.15, -0.1) is 0 Å². The summed E-state index contributed by atoms with van der Waals surface area (Å²) in [6, 6.07) is 8.23. The van der Waals surface area contributed by atoms with Crippen molar-refractivity contribution in [2.45, 2.75) is 6.92 Å². The van der Waals surface area contributed by atoms with E-state index < -0.39 is 0 Å². The van der Waals surface area contributed by atoms with Gasteiger partial charge in [-0.25, -0.2) is 4.39 Å². The van der Waals surface area contributed by atoms with Crippen LogP contribution in [0.1, 0.15) is 18.2 Å². The second kappa shape index (κ2) is 6.14. The van der Waals surface area contributed by atoms with E-state index in [0.29, 0.717) is 11.6 Å². The number of hydrogen-bond acceptors (Lipinski definition) is 4. The van der Waals surface area contributed by atoms with Crippen LogP contribution in [0.4, 0.5) is 4.39 Å². The van der Waals surface area contributed by atoms with Gasteiger partial charge in [-0.3, -0.25) is 0 Å². The lowest BCUT2D eigenvalue weighted by Crippen LogP contribution is -1.97. The molecule has 0 spiro atoms. The van der Waals surface area contributed by atoms with E-state index in [1.165, 1.54) is 26.4 Å². The average molecular weight is 274 g/mol. The van der Waals surface area contributed by atoms with Crippen LogP contribution in [0.25, 0.3) is 11.6 Å². The van der Waals surface area contributed by atoms with Crippen LogP contribution in [0, 0.1) is 5.82 Å². The van der Waals surface area contributed by atoms with Crippen molar-refractivity contribution < 1.29 is 13.9 Å². The van der Waals surface area contributed by atoms with Gasteiger partial charge in [0.1, 0.15) is 5.82 Å². The summed E-state index contributed by atoms with van der Waals surface area (Å²) >= 11 is 0. The van der Waals surface area contributed by atoms with Gasteiger partial charge in [-0.1, -0.05) is 12.1 Å². The fraction of sp³-hybridized carbons (Fsp3) is 0.200. The van der Waals surface area contributed by atoms with E-state index in [4.69, 9.17) is 9.47 Å². The molecular weight excluding hydrogens is 259 g/mol. The quantitative estimate of drug-likeness (QED) is 0.858. The minimum Gasteiger partial charge on any atom is -0.481 e. The van der Waals surface area contributed by atoms with Crippen LogP contribution in [0.3, 0.4) is 0 Å². The Labute approximate surface area is 116 Å². The third-order valence-electron chi connectivity index (χ3n) is 2.76. The van der Waals surface area contributed by atoms with Crippen molar-refractivity contribution >= 4 is 11.6 Å². The molecule has 1 aromatic heterocycles. The lowest BCUT2D eigenvalue weighted by molar-refractivity contribution is 0.351. The predicted molar refractivity (Wildman–Crippen MR) is 75.1 cm³/mol. The Morgan fingerprint density at radius 1 is 1.10 bits per heavy atom. The molecule has 20 heavy (non-hydrogen) atoms. The Morgan fingerprint density at radius 2 is 1.80 bits per heavy atom. The Bertz CT molecular complexity index is 602. The number of nitrogens with zero attached hydrogens (tertiary/aromatic N) is 2. The van der Waals surface area contributed by atoms with Crippen molar-refractivity contribution in [3.63, 3.8) is 0 Å². The first-order valence-corrected chi connectivity index (χ1v) is 6.03. The predicted octanol–water partition coefficient (Wildman–Crippen LogP) is 3.19. The van der Waals surface area contributed by atoms with Crippen LogP contribution in [0.5, 0.6) is 11.9 Å². The molecule has 0 unspecified atom stereocenters. The Hall–Kier alpha value is -2.43. The molecule has 4 nitrogen and oxygen atoms in total. The highest BCUT2D eigenvalue weighted by molar-refractivity contribution is 5.79. The van der Waals surface area contributed by atoms with Crippen molar-refractivity contribution in [2.75, 3.05) is 14.2 Å². The number of hydrogen-bond donors (Lipinski definition) is 0. The number of halogens is 1. The average Bonchev–Trinajstić information content (AvgIpc) is 2.47. The zero-order chi connectivity index (χ0) is 14.5. The van der Waals surface area contributed by atoms with E-state index in [9.17, 15) is 4.39 Å². The van der Waals surface area contributed by atoms with E-state index >= 15 is 0 Å². The first-order chi connectivity index (χ1) is 9.62. The molecule has 0 atom stereocenters. The zero-order valence-electron chi connectivity index (χ0n) is 11.6. The SMILES string of the molecule is COc1cc(/C=C(\C)c2ccc(F)cc2)nc(OC)n1. The molecule has 1 heterocycles. The van der Waals surface area contributed by atoms with Crippen molar-refractivity contribution in [3.8, 4) is 11.9 Å². The number of aromatic nitrogens is 2. The Balaban J connectivity index is 2.35. The van der Waals surface area contributed by atoms with Crippen LogP contribution in [0.15, 0.2) is 30.3 Å². The summed E-state index contributed by atoms with van der Waals surface area (Å²) in [5.41, 5.74) is 2.53. The van der Waals surface area contributed by atoms with Crippen LogP contribution >= 0.6 is 0 Å². The Kier molecular flexibility index (Phi) is 4.30. The fourth-order valence-corrected chi connectivity index (χ4v) is 1.71. The maximum Gasteiger partial charge on any atom is 0.319 e. The minimum atomic E-state index is -0.257. The van der Waals surface area contributed by atoms with Gasteiger partial charge in [0, 0.05) is 6.07 Å². The molecular formula is C15H15FN2O2. The van der Waals surface area contributed by atoms with Crippen LogP contribution in [0.2, 0.25) is 0 Å². The van der Waals surface area contributed by atoms with Crippen LogP contribution < -0.4 is 9.47 Å². The molecule has 0 bridgehead atoms. The number of allylic oxidation sites excluding steroid dienone is 1. The topological polar surface area (TPSA) is 44.2 Å². The number of rotatable bonds is 4. The van der Waals surface area contributed by atoms with Gasteiger partial charge >= 0.3 is 6.01 Å². The maximum atomic E-state index is 12.9. The monoisotopic (exact) mass is 274 g/mol. The molecule has 0 fully saturated rings. The molecule has 2 rings (SSSR count). The largest absolute Gasteiger partial charge is 0.481 e. The van der Waals surface area contributed by atoms with E-state index in [0.717, 1.165) is 11.1 Å². The number of methoxy groups -OCH3 is 2. The van der Waals surface area contributed by atoms with Gasteiger partial charge in [0.2, 0.25) is 5.88 Å². The molecule has 104 valence electrons. The van der Waals surface area contributed by atoms with Gasteiger partial charge in [-0.2, -0.15) is 9.97 Å². The smallest absolute Gasteiger partial charge is 0.319 e. The second-order valence-electron chi connectivity index (χ2n) is 4.16. The van der Waals surface area contributed by atoms with Crippen molar-refractivity contribution in [3.05, 3.63) is 47.4 Å². The molecule has 0 saturated carbocycles. The molecule has 5 heteroatoms. The molecule has 0 saturated heterocycles. The van der Waals surface area contributed by atoms with Gasteiger partial charge in [0.15, 0.2) is 0 Å². The lowest BCUT2D eigenvalue weighted by atomic mass is 10.1. The minimum absolute atomic E-state index is 0.238. The highest BCUT2D eigenvalue weighted by atomic mass is 19.1. The first-order valence-electron chi connectivity index (χ1n) is 6.03. The molecule has 0 amide bonds. The molecule has 0 aliphatic carbocycles. The van der Waals surface area contributed by atoms with E-state index in [1.807, 2.05) is 13.0 Å². The van der Waals surface area contributed by atoms with Gasteiger partial charge < -0.3 is 9.47 Å². The third kappa shape index (κ3) is 3.32. The molecule has 2 aromatic rings. The maximum absolute atomic E-state index is 12.9. The van der Waals surface area contributed by atoms with Crippen molar-refractivity contribution in [1.82, 2.24) is 9.97 Å². The molecule has 0 radical (unpaired) electrons. The summed E-state index contributed by atoms with van der Waals surface area (Å²) in [6.45, 7) is 1.92. The summed E-state index contributed by atoms with van der Waals surface area (Å²) < 4.78 is 23.0. The van der Waals surface area contributed by atoms with E-state index in [-0.39, 0.29) is 11.8 Å². The van der Waals surface area contributed by atoms with Crippen LogP contribution in [-0.2, 0) is 0 Å². The molecule has 0 aliphatic heterocycles. The molecule has 0 aliphatic rings. The standard InChI is InChI=1S/C15H15FN2O2/c1-10(11-4-6-12(16)7-5-11)8-13-9-14(19-2)18-15(17-13)20-3/h4-9H,1-3H3/b10-8+. The second-order valence-corrected chi connectivity index (χ2v) is 4.16. The van der Waals surface area contributed by atoms with Gasteiger partial charge in [0.25, 0.3) is 0 Å². The van der Waals surface area contributed by atoms with Crippen molar-refractivity contribution in [2.24, 2.45) is 0 Å². The number of ether oxygens (including phenoxy) is 2. The van der Waals surface area contributed by atoms with Gasteiger partial charge in [0.05, 0.1) is 19.9 Å². The highest BCUT2D eigenvalue weighted by Gasteiger charge is 2.04. The first kappa shape index (κ1) is 14.0. The summed E-state index contributed by atoms with van der Waals surface area (Å²) in [4.78, 5) is 8.25. The Morgan fingerprint density at radius 3 is 2.40 bits per heavy atom. The molecule has 1 aromatic carbocycles. The third-order valence-corrected chi connectivity index (χ3v) is 2.76. The molecule has 0 N–H and O–H groups in total. The summed E-state index contributed by atoms with van der Waals surface area (Å²) in [6.07, 6.45) is 1.86. The number of benzene rings is 1. The van der Waals surface area contributed by atoms with E-state index in [2.05, 4.69) is 9.97 Å². The fourth-order valence-electron chi connectivity index (χ4n) is 1.71. The summed E-state index contributed by atoms with van der Waals surface area (Å²) in [5.74, 6) is 0.168. The normalized spacial score (nSPS) is 11.3. The zero-order valence-corrected chi connectivity index (χ0v) is 11.6. The summed E-state index contributed by atoms with van der Waals surface area (Å²) in [7, 11) is 3.02. The van der Waals surface area contributed by atoms with Crippen LogP contribution in [-0.4, -0.2) is 24.2 Å². The van der Waals surface area contributed by atoms with E-state index in [1.54, 1.807) is 18.2 Å². The highest BCUT2D eigenvalue weighted by Crippen LogP contribution is 2.20. The van der Waals surface area contributed by atoms with Gasteiger partial charge in [-0.05, 0) is 36.3 Å². The van der Waals surface area contributed by atoms with Crippen molar-refractivity contribution in [1.29, 1.82) is 0 Å². The lowest BCUT2D eigenvalue weighted by Gasteiger charge is -2.05. The summed E-state index contributed by atoms with van der Waals surface area (Å²) in [5, 5.41) is 0.